The summed E-state index contributed by atoms with van der Waals surface area (Å²) >= 11 is 0. The van der Waals surface area contributed by atoms with Crippen molar-refractivity contribution < 1.29 is 24.2 Å². The molecule has 3 aromatic carbocycles. The standard InChI is InChI=1S/C23H19N3O5/c27-21-17-3-1-2-16-19(25-10-12-31-13-11-25)9-8-18(20(16)17)22(28)26(21)24-15-6-4-14(5-7-15)23(29)30/h1-9,24H,10-13H2,(H,29,30). The Hall–Kier alpha value is -3.91. The van der Waals surface area contributed by atoms with Gasteiger partial charge >= 0.3 is 5.97 Å². The summed E-state index contributed by atoms with van der Waals surface area (Å²) in [7, 11) is 0. The third kappa shape index (κ3) is 3.17. The highest BCUT2D eigenvalue weighted by molar-refractivity contribution is 6.27. The van der Waals surface area contributed by atoms with Crippen LogP contribution in [-0.4, -0.2) is 54.2 Å². The second-order valence-corrected chi connectivity index (χ2v) is 7.40. The lowest BCUT2D eigenvalue weighted by Gasteiger charge is -2.32. The molecule has 2 aliphatic heterocycles. The lowest BCUT2D eigenvalue weighted by molar-refractivity contribution is 0.0645. The van der Waals surface area contributed by atoms with E-state index in [1.54, 1.807) is 12.1 Å². The molecule has 0 unspecified atom stereocenters. The van der Waals surface area contributed by atoms with E-state index in [4.69, 9.17) is 9.84 Å². The van der Waals surface area contributed by atoms with Crippen LogP contribution in [0, 0.1) is 0 Å². The zero-order valence-corrected chi connectivity index (χ0v) is 16.5. The number of ether oxygens (including phenoxy) is 1. The maximum atomic E-state index is 13.2. The summed E-state index contributed by atoms with van der Waals surface area (Å²) < 4.78 is 5.44. The van der Waals surface area contributed by atoms with Gasteiger partial charge in [0.1, 0.15) is 0 Å². The van der Waals surface area contributed by atoms with Gasteiger partial charge in [-0.2, -0.15) is 5.01 Å². The quantitative estimate of drug-likeness (QED) is 0.630. The van der Waals surface area contributed by atoms with E-state index in [-0.39, 0.29) is 5.56 Å². The van der Waals surface area contributed by atoms with Gasteiger partial charge < -0.3 is 14.7 Å². The number of carboxylic acids is 1. The van der Waals surface area contributed by atoms with Crippen LogP contribution in [0.25, 0.3) is 10.8 Å². The summed E-state index contributed by atoms with van der Waals surface area (Å²) in [6.45, 7) is 2.78. The molecule has 31 heavy (non-hydrogen) atoms. The first-order chi connectivity index (χ1) is 15.0. The Morgan fingerprint density at radius 1 is 0.903 bits per heavy atom. The number of nitrogens with one attached hydrogen (secondary N) is 1. The number of aromatic carboxylic acids is 1. The van der Waals surface area contributed by atoms with Crippen LogP contribution in [0.4, 0.5) is 11.4 Å². The zero-order chi connectivity index (χ0) is 21.5. The van der Waals surface area contributed by atoms with Gasteiger partial charge in [0.15, 0.2) is 0 Å². The van der Waals surface area contributed by atoms with Gasteiger partial charge in [0.2, 0.25) is 0 Å². The van der Waals surface area contributed by atoms with Crippen molar-refractivity contribution in [2.75, 3.05) is 36.6 Å². The van der Waals surface area contributed by atoms with Crippen LogP contribution in [0.2, 0.25) is 0 Å². The molecule has 0 bridgehead atoms. The molecule has 0 saturated carbocycles. The molecule has 8 heteroatoms. The number of rotatable bonds is 4. The van der Waals surface area contributed by atoms with E-state index in [9.17, 15) is 14.4 Å². The number of hydrogen-bond donors (Lipinski definition) is 2. The van der Waals surface area contributed by atoms with Crippen molar-refractivity contribution in [2.45, 2.75) is 0 Å². The highest BCUT2D eigenvalue weighted by Gasteiger charge is 2.34. The van der Waals surface area contributed by atoms with E-state index in [1.807, 2.05) is 18.2 Å². The van der Waals surface area contributed by atoms with Crippen molar-refractivity contribution in [2.24, 2.45) is 0 Å². The fourth-order valence-corrected chi connectivity index (χ4v) is 4.08. The molecule has 156 valence electrons. The van der Waals surface area contributed by atoms with Gasteiger partial charge in [0.05, 0.1) is 35.6 Å². The molecule has 3 aromatic rings. The van der Waals surface area contributed by atoms with E-state index < -0.39 is 17.8 Å². The summed E-state index contributed by atoms with van der Waals surface area (Å²) in [6, 6.07) is 15.0. The Morgan fingerprint density at radius 2 is 1.58 bits per heavy atom. The van der Waals surface area contributed by atoms with E-state index >= 15 is 0 Å². The number of hydrogen-bond acceptors (Lipinski definition) is 6. The van der Waals surface area contributed by atoms with Crippen LogP contribution in [-0.2, 0) is 4.74 Å². The van der Waals surface area contributed by atoms with Gasteiger partial charge in [-0.15, -0.1) is 0 Å². The normalized spacial score (nSPS) is 16.0. The minimum Gasteiger partial charge on any atom is -0.478 e. The number of amides is 2. The summed E-state index contributed by atoms with van der Waals surface area (Å²) in [5, 5.41) is 11.5. The molecule has 2 amide bonds. The van der Waals surface area contributed by atoms with Crippen LogP contribution >= 0.6 is 0 Å². The summed E-state index contributed by atoms with van der Waals surface area (Å²) in [5.41, 5.74) is 5.24. The topological polar surface area (TPSA) is 99.2 Å². The molecule has 0 spiro atoms. The van der Waals surface area contributed by atoms with Crippen LogP contribution in [0.1, 0.15) is 31.1 Å². The molecule has 0 aromatic heterocycles. The number of carboxylic acid groups (broad SMARTS) is 1. The fourth-order valence-electron chi connectivity index (χ4n) is 4.08. The van der Waals surface area contributed by atoms with E-state index in [0.717, 1.165) is 29.2 Å². The number of carbonyl (C=O) groups is 3. The predicted molar refractivity (Wildman–Crippen MR) is 115 cm³/mol. The Labute approximate surface area is 177 Å². The maximum Gasteiger partial charge on any atom is 0.335 e. The number of morpholine rings is 1. The molecule has 2 aliphatic rings. The Balaban J connectivity index is 1.53. The number of anilines is 2. The lowest BCUT2D eigenvalue weighted by atomic mass is 9.93. The summed E-state index contributed by atoms with van der Waals surface area (Å²) in [4.78, 5) is 39.6. The van der Waals surface area contributed by atoms with Crippen molar-refractivity contribution in [1.29, 1.82) is 0 Å². The smallest absolute Gasteiger partial charge is 0.335 e. The van der Waals surface area contributed by atoms with Gasteiger partial charge in [-0.1, -0.05) is 12.1 Å². The lowest BCUT2D eigenvalue weighted by Crippen LogP contribution is -2.44. The number of imide groups is 1. The van der Waals surface area contributed by atoms with Crippen molar-refractivity contribution in [3.05, 3.63) is 71.3 Å². The molecule has 2 heterocycles. The Kier molecular flexibility index (Phi) is 4.56. The Morgan fingerprint density at radius 3 is 2.26 bits per heavy atom. The maximum absolute atomic E-state index is 13.2. The third-order valence-corrected chi connectivity index (χ3v) is 5.61. The van der Waals surface area contributed by atoms with Crippen molar-refractivity contribution >= 4 is 39.9 Å². The minimum absolute atomic E-state index is 0.118. The molecule has 0 aliphatic carbocycles. The van der Waals surface area contributed by atoms with E-state index in [1.165, 1.54) is 24.3 Å². The molecule has 0 atom stereocenters. The second-order valence-electron chi connectivity index (χ2n) is 7.40. The number of carbonyl (C=O) groups excluding carboxylic acids is 2. The number of nitrogens with zero attached hydrogens (tertiary/aromatic N) is 2. The van der Waals surface area contributed by atoms with Crippen molar-refractivity contribution in [3.8, 4) is 0 Å². The second kappa shape index (κ2) is 7.41. The van der Waals surface area contributed by atoms with Crippen LogP contribution in [0.3, 0.4) is 0 Å². The summed E-state index contributed by atoms with van der Waals surface area (Å²) in [6.07, 6.45) is 0. The molecular formula is C23H19N3O5. The van der Waals surface area contributed by atoms with Gasteiger partial charge in [-0.05, 0) is 42.5 Å². The first-order valence-electron chi connectivity index (χ1n) is 9.92. The molecule has 2 N–H and O–H groups in total. The molecule has 1 fully saturated rings. The molecule has 5 rings (SSSR count). The fraction of sp³-hybridized carbons (Fsp3) is 0.174. The van der Waals surface area contributed by atoms with Crippen molar-refractivity contribution in [1.82, 2.24) is 5.01 Å². The van der Waals surface area contributed by atoms with E-state index in [2.05, 4.69) is 10.3 Å². The minimum atomic E-state index is -1.05. The van der Waals surface area contributed by atoms with Crippen LogP contribution in [0.15, 0.2) is 54.6 Å². The van der Waals surface area contributed by atoms with Crippen LogP contribution < -0.4 is 10.3 Å². The van der Waals surface area contributed by atoms with Gasteiger partial charge in [0, 0.05) is 29.5 Å². The molecule has 0 radical (unpaired) electrons. The van der Waals surface area contributed by atoms with Gasteiger partial charge in [-0.25, -0.2) is 4.79 Å². The predicted octanol–water partition coefficient (Wildman–Crippen LogP) is 3.00. The van der Waals surface area contributed by atoms with E-state index in [0.29, 0.717) is 35.4 Å². The first-order valence-corrected chi connectivity index (χ1v) is 9.92. The van der Waals surface area contributed by atoms with Gasteiger partial charge in [-0.3, -0.25) is 15.0 Å². The monoisotopic (exact) mass is 417 g/mol. The zero-order valence-electron chi connectivity index (χ0n) is 16.5. The Bertz CT molecular complexity index is 1190. The largest absolute Gasteiger partial charge is 0.478 e. The number of benzene rings is 3. The third-order valence-electron chi connectivity index (χ3n) is 5.61. The highest BCUT2D eigenvalue weighted by atomic mass is 16.5. The number of hydrazine groups is 1. The summed E-state index contributed by atoms with van der Waals surface area (Å²) in [5.74, 6) is -1.96. The average Bonchev–Trinajstić information content (AvgIpc) is 2.80. The molecular weight excluding hydrogens is 398 g/mol. The van der Waals surface area contributed by atoms with Crippen molar-refractivity contribution in [3.63, 3.8) is 0 Å². The average molecular weight is 417 g/mol. The SMILES string of the molecule is O=C(O)c1ccc(NN2C(=O)c3cccc4c(N5CCOCC5)ccc(c34)C2=O)cc1. The molecule has 1 saturated heterocycles. The van der Waals surface area contributed by atoms with Gasteiger partial charge in [0.25, 0.3) is 11.8 Å². The van der Waals surface area contributed by atoms with Crippen LogP contribution in [0.5, 0.6) is 0 Å². The first kappa shape index (κ1) is 19.1. The molecule has 8 nitrogen and oxygen atoms in total. The highest BCUT2D eigenvalue weighted by Crippen LogP contribution is 2.36.